The number of nitrogens with zero attached hydrogens (tertiary/aromatic N) is 4. The van der Waals surface area contributed by atoms with Gasteiger partial charge in [0.1, 0.15) is 0 Å². The Hall–Kier alpha value is -4.17. The van der Waals surface area contributed by atoms with Gasteiger partial charge in [0.2, 0.25) is 0 Å². The molecule has 0 aliphatic carbocycles. The minimum Gasteiger partial charge on any atom is -0.318 e. The van der Waals surface area contributed by atoms with Gasteiger partial charge in [-0.25, -0.2) is 4.98 Å². The van der Waals surface area contributed by atoms with E-state index in [2.05, 4.69) is 10.1 Å². The molecule has 5 rings (SSSR count). The number of hydrogen-bond acceptors (Lipinski definition) is 3. The summed E-state index contributed by atoms with van der Waals surface area (Å²) in [5.74, 6) is 0.00976. The number of fused-ring (bicyclic) bond motifs is 1. The first kappa shape index (κ1) is 25.5. The molecule has 5 nitrogen and oxygen atoms in total. The molecular formula is C29H22ClF3N4O. The second kappa shape index (κ2) is 9.61. The molecule has 0 bridgehead atoms. The lowest BCUT2D eigenvalue weighted by Gasteiger charge is -2.13. The van der Waals surface area contributed by atoms with Gasteiger partial charge in [-0.3, -0.25) is 4.79 Å². The fraction of sp³-hybridized carbons (Fsp3) is 0.138. The van der Waals surface area contributed by atoms with Crippen LogP contribution in [0.15, 0.2) is 82.7 Å². The minimum absolute atomic E-state index is 0.00976. The average Bonchev–Trinajstić information content (AvgIpc) is 3.17. The van der Waals surface area contributed by atoms with Gasteiger partial charge in [0.25, 0.3) is 5.56 Å². The van der Waals surface area contributed by atoms with Crippen molar-refractivity contribution in [3.63, 3.8) is 0 Å². The monoisotopic (exact) mass is 534 g/mol. The lowest BCUT2D eigenvalue weighted by atomic mass is 10.1. The van der Waals surface area contributed by atoms with Crippen molar-refractivity contribution >= 4 is 28.7 Å². The second-order valence-electron chi connectivity index (χ2n) is 8.94. The van der Waals surface area contributed by atoms with Crippen molar-refractivity contribution in [3.05, 3.63) is 116 Å². The van der Waals surface area contributed by atoms with E-state index in [4.69, 9.17) is 11.6 Å². The number of para-hydroxylation sites is 1. The number of rotatable bonds is 4. The Balaban J connectivity index is 1.68. The highest BCUT2D eigenvalue weighted by Gasteiger charge is 2.31. The molecule has 0 radical (unpaired) electrons. The third-order valence-corrected chi connectivity index (χ3v) is 6.87. The van der Waals surface area contributed by atoms with Crippen LogP contribution in [0, 0.1) is 20.8 Å². The van der Waals surface area contributed by atoms with Crippen LogP contribution >= 0.6 is 11.6 Å². The predicted octanol–water partition coefficient (Wildman–Crippen LogP) is 7.33. The zero-order valence-corrected chi connectivity index (χ0v) is 21.5. The molecule has 0 amide bonds. The van der Waals surface area contributed by atoms with E-state index in [1.54, 1.807) is 24.3 Å². The minimum atomic E-state index is -4.54. The van der Waals surface area contributed by atoms with Crippen LogP contribution in [0.4, 0.5) is 13.2 Å². The van der Waals surface area contributed by atoms with Crippen LogP contribution in [0.3, 0.4) is 0 Å². The smallest absolute Gasteiger partial charge is 0.318 e. The molecule has 3 aromatic carbocycles. The fourth-order valence-electron chi connectivity index (χ4n) is 4.50. The van der Waals surface area contributed by atoms with Gasteiger partial charge in [-0.15, -0.1) is 0 Å². The van der Waals surface area contributed by atoms with Crippen molar-refractivity contribution in [2.24, 2.45) is 5.10 Å². The van der Waals surface area contributed by atoms with Crippen LogP contribution in [0.5, 0.6) is 0 Å². The highest BCUT2D eigenvalue weighted by Crippen LogP contribution is 2.32. The first-order chi connectivity index (χ1) is 18.1. The summed E-state index contributed by atoms with van der Waals surface area (Å²) in [6.45, 7) is 5.80. The molecule has 2 aromatic heterocycles. The van der Waals surface area contributed by atoms with E-state index in [0.29, 0.717) is 15.9 Å². The Kier molecular flexibility index (Phi) is 6.44. The third-order valence-electron chi connectivity index (χ3n) is 6.46. The summed E-state index contributed by atoms with van der Waals surface area (Å²) in [6, 6.07) is 19.0. The molecule has 9 heteroatoms. The zero-order chi connectivity index (χ0) is 27.2. The van der Waals surface area contributed by atoms with Gasteiger partial charge < -0.3 is 4.57 Å². The number of benzene rings is 3. The largest absolute Gasteiger partial charge is 0.416 e. The summed E-state index contributed by atoms with van der Waals surface area (Å²) >= 11 is 6.34. The van der Waals surface area contributed by atoms with E-state index < -0.39 is 17.3 Å². The summed E-state index contributed by atoms with van der Waals surface area (Å²) in [7, 11) is 0. The quantitative estimate of drug-likeness (QED) is 0.227. The van der Waals surface area contributed by atoms with E-state index in [0.717, 1.165) is 45.0 Å². The van der Waals surface area contributed by atoms with Crippen LogP contribution in [0.2, 0.25) is 5.02 Å². The maximum atomic E-state index is 13.5. The summed E-state index contributed by atoms with van der Waals surface area (Å²) in [5.41, 5.74) is 3.52. The molecule has 0 saturated heterocycles. The maximum Gasteiger partial charge on any atom is 0.416 e. The summed E-state index contributed by atoms with van der Waals surface area (Å²) in [6.07, 6.45) is -3.02. The van der Waals surface area contributed by atoms with Crippen molar-refractivity contribution in [2.75, 3.05) is 0 Å². The summed E-state index contributed by atoms with van der Waals surface area (Å²) in [4.78, 5) is 18.0. The van der Waals surface area contributed by atoms with Gasteiger partial charge in [0.15, 0.2) is 5.82 Å². The van der Waals surface area contributed by atoms with Gasteiger partial charge in [0, 0.05) is 33.2 Å². The van der Waals surface area contributed by atoms with Gasteiger partial charge >= 0.3 is 6.18 Å². The van der Waals surface area contributed by atoms with Crippen molar-refractivity contribution in [3.8, 4) is 17.1 Å². The topological polar surface area (TPSA) is 52.2 Å². The molecule has 0 spiro atoms. The van der Waals surface area contributed by atoms with Crippen molar-refractivity contribution in [2.45, 2.75) is 26.9 Å². The number of halogens is 4. The maximum absolute atomic E-state index is 13.5. The van der Waals surface area contributed by atoms with Crippen LogP contribution in [0.25, 0.3) is 28.0 Å². The van der Waals surface area contributed by atoms with Crippen molar-refractivity contribution < 1.29 is 13.2 Å². The number of aromatic nitrogens is 3. The van der Waals surface area contributed by atoms with Crippen LogP contribution in [0.1, 0.15) is 28.1 Å². The first-order valence-corrected chi connectivity index (χ1v) is 12.1. The van der Waals surface area contributed by atoms with Gasteiger partial charge in [-0.1, -0.05) is 41.9 Å². The number of aryl methyl sites for hydroxylation is 1. The van der Waals surface area contributed by atoms with Crippen LogP contribution in [-0.4, -0.2) is 20.4 Å². The molecule has 2 heterocycles. The molecule has 0 aliphatic rings. The Labute approximate surface area is 221 Å². The van der Waals surface area contributed by atoms with Crippen LogP contribution < -0.4 is 5.56 Å². The molecule has 192 valence electrons. The highest BCUT2D eigenvalue weighted by molar-refractivity contribution is 6.31. The van der Waals surface area contributed by atoms with Gasteiger partial charge in [0.05, 0.1) is 22.7 Å². The predicted molar refractivity (Wildman–Crippen MR) is 144 cm³/mol. The van der Waals surface area contributed by atoms with Gasteiger partial charge in [-0.2, -0.15) is 22.9 Å². The first-order valence-electron chi connectivity index (χ1n) is 11.7. The number of hydrogen-bond donors (Lipinski definition) is 0. The standard InChI is InChI=1S/C29H22ClF3N4O/c1-17-14-21(19(3)36(17)26-13-7-11-24(30)18(26)2)16-34-37-27(20-8-6-9-22(15-20)29(31,32)33)35-25-12-5-4-10-23(25)28(37)38/h4-16H,1-3H3. The molecule has 0 unspecified atom stereocenters. The molecule has 5 aromatic rings. The molecular weight excluding hydrogens is 513 g/mol. The molecule has 0 N–H and O–H groups in total. The van der Waals surface area contributed by atoms with E-state index in [1.807, 2.05) is 49.6 Å². The third kappa shape index (κ3) is 4.52. The van der Waals surface area contributed by atoms with Gasteiger partial charge in [-0.05, 0) is 68.8 Å². The molecule has 0 fully saturated rings. The molecule has 0 atom stereocenters. The lowest BCUT2D eigenvalue weighted by Crippen LogP contribution is -2.20. The molecule has 0 aliphatic heterocycles. The number of alkyl halides is 3. The van der Waals surface area contributed by atoms with E-state index >= 15 is 0 Å². The Morgan fingerprint density at radius 1 is 0.947 bits per heavy atom. The second-order valence-corrected chi connectivity index (χ2v) is 9.35. The van der Waals surface area contributed by atoms with Crippen LogP contribution in [-0.2, 0) is 6.18 Å². The lowest BCUT2D eigenvalue weighted by molar-refractivity contribution is -0.137. The van der Waals surface area contributed by atoms with Crippen molar-refractivity contribution in [1.29, 1.82) is 0 Å². The Bertz CT molecular complexity index is 1780. The van der Waals surface area contributed by atoms with E-state index in [-0.39, 0.29) is 11.4 Å². The Morgan fingerprint density at radius 2 is 1.68 bits per heavy atom. The summed E-state index contributed by atoms with van der Waals surface area (Å²) < 4.78 is 43.4. The molecule has 0 saturated carbocycles. The fourth-order valence-corrected chi connectivity index (χ4v) is 4.67. The highest BCUT2D eigenvalue weighted by atomic mass is 35.5. The zero-order valence-electron chi connectivity index (χ0n) is 20.7. The normalized spacial score (nSPS) is 12.1. The van der Waals surface area contributed by atoms with Crippen molar-refractivity contribution in [1.82, 2.24) is 14.2 Å². The molecule has 38 heavy (non-hydrogen) atoms. The average molecular weight is 535 g/mol. The summed E-state index contributed by atoms with van der Waals surface area (Å²) in [5, 5.41) is 5.39. The Morgan fingerprint density at radius 3 is 2.45 bits per heavy atom. The SMILES string of the molecule is Cc1c(Cl)cccc1-n1c(C)cc(C=Nn2c(-c3cccc(C(F)(F)F)c3)nc3ccccc3c2=O)c1C. The van der Waals surface area contributed by atoms with E-state index in [1.165, 1.54) is 18.3 Å². The van der Waals surface area contributed by atoms with E-state index in [9.17, 15) is 18.0 Å².